The third-order valence-corrected chi connectivity index (χ3v) is 5.01. The molecule has 1 aromatic carbocycles. The fourth-order valence-electron chi connectivity index (χ4n) is 2.91. The Morgan fingerprint density at radius 1 is 1.05 bits per heavy atom. The number of piperidine rings is 1. The number of likely N-dealkylation sites (tertiary alicyclic amines) is 1. The second kappa shape index (κ2) is 7.56. The summed E-state index contributed by atoms with van der Waals surface area (Å²) in [6.45, 7) is 3.97. The van der Waals surface area contributed by atoms with Crippen LogP contribution in [0.15, 0.2) is 41.8 Å². The van der Waals surface area contributed by atoms with E-state index >= 15 is 0 Å². The van der Waals surface area contributed by atoms with E-state index in [1.54, 1.807) is 0 Å². The number of benzene rings is 1. The van der Waals surface area contributed by atoms with E-state index in [1.165, 1.54) is 54.8 Å². The Morgan fingerprint density at radius 3 is 2.55 bits per heavy atom. The largest absolute Gasteiger partial charge is 0.347 e. The molecule has 22 heavy (non-hydrogen) atoms. The van der Waals surface area contributed by atoms with E-state index in [2.05, 4.69) is 28.4 Å². The number of rotatable bonds is 5. The van der Waals surface area contributed by atoms with Gasteiger partial charge in [0.1, 0.15) is 0 Å². The van der Waals surface area contributed by atoms with Crippen LogP contribution in [0.2, 0.25) is 0 Å². The van der Waals surface area contributed by atoms with Crippen LogP contribution >= 0.6 is 11.3 Å². The zero-order valence-electron chi connectivity index (χ0n) is 12.8. The molecular formula is C18H22N2OS. The van der Waals surface area contributed by atoms with Crippen LogP contribution in [0.4, 0.5) is 0 Å². The molecule has 1 fully saturated rings. The number of carbonyl (C=O) groups is 1. The molecule has 1 amide bonds. The SMILES string of the molecule is O=C(NCc1ccccc1CN1CCCCC1)c1cccs1. The molecule has 4 heteroatoms. The molecule has 0 saturated carbocycles. The van der Waals surface area contributed by atoms with Crippen molar-refractivity contribution in [2.24, 2.45) is 0 Å². The van der Waals surface area contributed by atoms with Gasteiger partial charge in [-0.2, -0.15) is 0 Å². The first-order valence-electron chi connectivity index (χ1n) is 7.94. The Morgan fingerprint density at radius 2 is 1.82 bits per heavy atom. The molecule has 1 aromatic heterocycles. The molecule has 0 bridgehead atoms. The van der Waals surface area contributed by atoms with Crippen LogP contribution in [0.5, 0.6) is 0 Å². The highest BCUT2D eigenvalue weighted by Crippen LogP contribution is 2.16. The van der Waals surface area contributed by atoms with Crippen molar-refractivity contribution in [1.29, 1.82) is 0 Å². The third-order valence-electron chi connectivity index (χ3n) is 4.15. The first kappa shape index (κ1) is 15.3. The van der Waals surface area contributed by atoms with Crippen molar-refractivity contribution in [3.63, 3.8) is 0 Å². The Kier molecular flexibility index (Phi) is 5.24. The van der Waals surface area contributed by atoms with Gasteiger partial charge in [-0.15, -0.1) is 11.3 Å². The van der Waals surface area contributed by atoms with Crippen molar-refractivity contribution < 1.29 is 4.79 Å². The minimum absolute atomic E-state index is 0.0165. The van der Waals surface area contributed by atoms with Crippen LogP contribution < -0.4 is 5.32 Å². The lowest BCUT2D eigenvalue weighted by molar-refractivity contribution is 0.0955. The van der Waals surface area contributed by atoms with Gasteiger partial charge >= 0.3 is 0 Å². The zero-order valence-corrected chi connectivity index (χ0v) is 13.6. The van der Waals surface area contributed by atoms with E-state index in [9.17, 15) is 4.79 Å². The number of hydrogen-bond acceptors (Lipinski definition) is 3. The number of nitrogens with zero attached hydrogens (tertiary/aromatic N) is 1. The summed E-state index contributed by atoms with van der Waals surface area (Å²) in [6, 6.07) is 12.2. The summed E-state index contributed by atoms with van der Waals surface area (Å²) >= 11 is 1.48. The maximum atomic E-state index is 12.1. The summed E-state index contributed by atoms with van der Waals surface area (Å²) in [5.41, 5.74) is 2.55. The van der Waals surface area contributed by atoms with E-state index in [4.69, 9.17) is 0 Å². The van der Waals surface area contributed by atoms with E-state index in [-0.39, 0.29) is 5.91 Å². The fourth-order valence-corrected chi connectivity index (χ4v) is 3.55. The van der Waals surface area contributed by atoms with Gasteiger partial charge in [0.05, 0.1) is 4.88 Å². The predicted molar refractivity (Wildman–Crippen MR) is 91.1 cm³/mol. The van der Waals surface area contributed by atoms with E-state index < -0.39 is 0 Å². The Hall–Kier alpha value is -1.65. The van der Waals surface area contributed by atoms with E-state index in [0.29, 0.717) is 6.54 Å². The third kappa shape index (κ3) is 3.96. The average Bonchev–Trinajstić information content (AvgIpc) is 3.09. The number of thiophene rings is 1. The van der Waals surface area contributed by atoms with Gasteiger partial charge in [-0.25, -0.2) is 0 Å². The molecule has 3 nitrogen and oxygen atoms in total. The second-order valence-corrected chi connectivity index (χ2v) is 6.71. The minimum Gasteiger partial charge on any atom is -0.347 e. The van der Waals surface area contributed by atoms with Gasteiger partial charge in [0, 0.05) is 13.1 Å². The highest BCUT2D eigenvalue weighted by molar-refractivity contribution is 7.12. The van der Waals surface area contributed by atoms with Crippen molar-refractivity contribution in [1.82, 2.24) is 10.2 Å². The topological polar surface area (TPSA) is 32.3 Å². The summed E-state index contributed by atoms with van der Waals surface area (Å²) < 4.78 is 0. The molecule has 0 spiro atoms. The van der Waals surface area contributed by atoms with Gasteiger partial charge in [-0.3, -0.25) is 9.69 Å². The average molecular weight is 314 g/mol. The molecule has 2 aromatic rings. The van der Waals surface area contributed by atoms with Crippen molar-refractivity contribution in [2.45, 2.75) is 32.4 Å². The molecule has 116 valence electrons. The summed E-state index contributed by atoms with van der Waals surface area (Å²) in [4.78, 5) is 15.4. The van der Waals surface area contributed by atoms with Crippen LogP contribution in [0, 0.1) is 0 Å². The maximum Gasteiger partial charge on any atom is 0.261 e. The smallest absolute Gasteiger partial charge is 0.261 e. The highest BCUT2D eigenvalue weighted by atomic mass is 32.1. The van der Waals surface area contributed by atoms with Gasteiger partial charge < -0.3 is 5.32 Å². The Bertz CT molecular complexity index is 603. The molecule has 1 N–H and O–H groups in total. The minimum atomic E-state index is 0.0165. The van der Waals surface area contributed by atoms with Gasteiger partial charge in [-0.05, 0) is 48.5 Å². The predicted octanol–water partition coefficient (Wildman–Crippen LogP) is 3.66. The Labute approximate surface area is 136 Å². The number of nitrogens with one attached hydrogen (secondary N) is 1. The van der Waals surface area contributed by atoms with E-state index in [1.807, 2.05) is 23.6 Å². The number of carbonyl (C=O) groups excluding carboxylic acids is 1. The highest BCUT2D eigenvalue weighted by Gasteiger charge is 2.13. The molecular weight excluding hydrogens is 292 g/mol. The summed E-state index contributed by atoms with van der Waals surface area (Å²) in [6.07, 6.45) is 3.96. The molecule has 3 rings (SSSR count). The van der Waals surface area contributed by atoms with Gasteiger partial charge in [0.15, 0.2) is 0 Å². The molecule has 1 aliphatic rings. The zero-order chi connectivity index (χ0) is 15.2. The lowest BCUT2D eigenvalue weighted by atomic mass is 10.0. The maximum absolute atomic E-state index is 12.1. The standard InChI is InChI=1S/C18H22N2OS/c21-18(17-9-6-12-22-17)19-13-15-7-2-3-8-16(15)14-20-10-4-1-5-11-20/h2-3,6-9,12H,1,4-5,10-11,13-14H2,(H,19,21). The molecule has 0 aliphatic carbocycles. The normalized spacial score (nSPS) is 15.6. The van der Waals surface area contributed by atoms with E-state index in [0.717, 1.165) is 11.4 Å². The van der Waals surface area contributed by atoms with Crippen LogP contribution in [-0.2, 0) is 13.1 Å². The summed E-state index contributed by atoms with van der Waals surface area (Å²) in [5.74, 6) is 0.0165. The lowest BCUT2D eigenvalue weighted by Gasteiger charge is -2.27. The van der Waals surface area contributed by atoms with Crippen LogP contribution in [0.1, 0.15) is 40.1 Å². The van der Waals surface area contributed by atoms with Gasteiger partial charge in [0.25, 0.3) is 5.91 Å². The first-order valence-corrected chi connectivity index (χ1v) is 8.82. The van der Waals surface area contributed by atoms with Gasteiger partial charge in [0.2, 0.25) is 0 Å². The molecule has 1 saturated heterocycles. The molecule has 0 atom stereocenters. The van der Waals surface area contributed by atoms with Crippen molar-refractivity contribution in [3.8, 4) is 0 Å². The number of amides is 1. The molecule has 0 unspecified atom stereocenters. The van der Waals surface area contributed by atoms with Crippen molar-refractivity contribution in [2.75, 3.05) is 13.1 Å². The summed E-state index contributed by atoms with van der Waals surface area (Å²) in [5, 5.41) is 4.96. The first-order chi connectivity index (χ1) is 10.8. The lowest BCUT2D eigenvalue weighted by Crippen LogP contribution is -2.30. The molecule has 1 aliphatic heterocycles. The quantitative estimate of drug-likeness (QED) is 0.913. The van der Waals surface area contributed by atoms with Crippen LogP contribution in [-0.4, -0.2) is 23.9 Å². The van der Waals surface area contributed by atoms with Crippen molar-refractivity contribution >= 4 is 17.2 Å². The Balaban J connectivity index is 1.62. The number of hydrogen-bond donors (Lipinski definition) is 1. The second-order valence-electron chi connectivity index (χ2n) is 5.77. The van der Waals surface area contributed by atoms with Crippen LogP contribution in [0.25, 0.3) is 0 Å². The van der Waals surface area contributed by atoms with Crippen LogP contribution in [0.3, 0.4) is 0 Å². The van der Waals surface area contributed by atoms with Crippen molar-refractivity contribution in [3.05, 3.63) is 57.8 Å². The molecule has 2 heterocycles. The fraction of sp³-hybridized carbons (Fsp3) is 0.389. The van der Waals surface area contributed by atoms with Gasteiger partial charge in [-0.1, -0.05) is 36.8 Å². The molecule has 0 radical (unpaired) electrons. The monoisotopic (exact) mass is 314 g/mol. The summed E-state index contributed by atoms with van der Waals surface area (Å²) in [7, 11) is 0.